The number of hydrogen-bond acceptors (Lipinski definition) is 7. The standard InChI is InChI=1S/C18H19BrN4O4S/c1-11(2)16(18-21-17(22-27-18)12-6-8-20-9-7-12)23-28(24,25)13-4-5-15(26-3)14(19)10-13/h4-11,16,23H,1-3H3/t16-/m0/s1. The number of aromatic nitrogens is 3. The van der Waals surface area contributed by atoms with Gasteiger partial charge < -0.3 is 9.26 Å². The predicted octanol–water partition coefficient (Wildman–Crippen LogP) is 3.58. The zero-order chi connectivity index (χ0) is 20.3. The Bertz CT molecular complexity index is 1050. The third-order valence-electron chi connectivity index (χ3n) is 4.03. The SMILES string of the molecule is COc1ccc(S(=O)(=O)N[C@H](c2nc(-c3ccncc3)no2)C(C)C)cc1Br. The molecule has 2 aromatic heterocycles. The Morgan fingerprint density at radius 3 is 2.50 bits per heavy atom. The fraction of sp³-hybridized carbons (Fsp3) is 0.278. The maximum Gasteiger partial charge on any atom is 0.245 e. The van der Waals surface area contributed by atoms with E-state index in [0.29, 0.717) is 16.0 Å². The molecule has 0 bridgehead atoms. The molecule has 2 heterocycles. The lowest BCUT2D eigenvalue weighted by Crippen LogP contribution is -2.32. The number of methoxy groups -OCH3 is 1. The molecule has 0 aliphatic rings. The zero-order valence-electron chi connectivity index (χ0n) is 15.5. The van der Waals surface area contributed by atoms with Gasteiger partial charge in [0.05, 0.1) is 16.5 Å². The molecule has 10 heteroatoms. The Kier molecular flexibility index (Phi) is 6.11. The van der Waals surface area contributed by atoms with E-state index in [4.69, 9.17) is 9.26 Å². The molecule has 3 aromatic rings. The Morgan fingerprint density at radius 1 is 1.18 bits per heavy atom. The van der Waals surface area contributed by atoms with Gasteiger partial charge in [-0.15, -0.1) is 0 Å². The summed E-state index contributed by atoms with van der Waals surface area (Å²) in [4.78, 5) is 8.41. The van der Waals surface area contributed by atoms with Crippen LogP contribution in [0.1, 0.15) is 25.8 Å². The van der Waals surface area contributed by atoms with Crippen LogP contribution in [0.15, 0.2) is 56.6 Å². The van der Waals surface area contributed by atoms with Crippen LogP contribution in [0.25, 0.3) is 11.4 Å². The minimum Gasteiger partial charge on any atom is -0.496 e. The number of sulfonamides is 1. The normalized spacial score (nSPS) is 12.9. The van der Waals surface area contributed by atoms with Crippen molar-refractivity contribution in [2.24, 2.45) is 5.92 Å². The molecule has 1 aromatic carbocycles. The largest absolute Gasteiger partial charge is 0.496 e. The van der Waals surface area contributed by atoms with Crippen LogP contribution in [0.5, 0.6) is 5.75 Å². The Hall–Kier alpha value is -2.30. The van der Waals surface area contributed by atoms with E-state index in [9.17, 15) is 8.42 Å². The molecule has 0 radical (unpaired) electrons. The van der Waals surface area contributed by atoms with Gasteiger partial charge in [-0.3, -0.25) is 4.98 Å². The summed E-state index contributed by atoms with van der Waals surface area (Å²) >= 11 is 3.31. The van der Waals surface area contributed by atoms with Gasteiger partial charge in [-0.2, -0.15) is 9.71 Å². The summed E-state index contributed by atoms with van der Waals surface area (Å²) in [6.45, 7) is 3.74. The van der Waals surface area contributed by atoms with Crippen LogP contribution in [0, 0.1) is 5.92 Å². The van der Waals surface area contributed by atoms with Crippen LogP contribution >= 0.6 is 15.9 Å². The van der Waals surface area contributed by atoms with Gasteiger partial charge in [0.15, 0.2) is 0 Å². The highest BCUT2D eigenvalue weighted by Gasteiger charge is 2.29. The molecular weight excluding hydrogens is 448 g/mol. The number of nitrogens with zero attached hydrogens (tertiary/aromatic N) is 3. The first-order chi connectivity index (χ1) is 13.3. The van der Waals surface area contributed by atoms with Gasteiger partial charge in [0.2, 0.25) is 21.7 Å². The molecule has 1 atom stereocenters. The Balaban J connectivity index is 1.89. The quantitative estimate of drug-likeness (QED) is 0.566. The Morgan fingerprint density at radius 2 is 1.89 bits per heavy atom. The molecule has 1 N–H and O–H groups in total. The first-order valence-corrected chi connectivity index (χ1v) is 10.7. The molecule has 148 valence electrons. The van der Waals surface area contributed by atoms with Gasteiger partial charge in [-0.25, -0.2) is 8.42 Å². The van der Waals surface area contributed by atoms with Crippen LogP contribution in [0.2, 0.25) is 0 Å². The molecule has 8 nitrogen and oxygen atoms in total. The maximum atomic E-state index is 12.9. The van der Waals surface area contributed by atoms with Crippen molar-refractivity contribution in [2.75, 3.05) is 7.11 Å². The van der Waals surface area contributed by atoms with Gasteiger partial charge in [-0.1, -0.05) is 19.0 Å². The lowest BCUT2D eigenvalue weighted by molar-refractivity contribution is 0.311. The van der Waals surface area contributed by atoms with Crippen LogP contribution < -0.4 is 9.46 Å². The number of hydrogen-bond donors (Lipinski definition) is 1. The van der Waals surface area contributed by atoms with E-state index >= 15 is 0 Å². The third-order valence-corrected chi connectivity index (χ3v) is 6.09. The van der Waals surface area contributed by atoms with E-state index in [0.717, 1.165) is 5.56 Å². The fourth-order valence-electron chi connectivity index (χ4n) is 2.50. The van der Waals surface area contributed by atoms with Gasteiger partial charge >= 0.3 is 0 Å². The van der Waals surface area contributed by atoms with Gasteiger partial charge in [0, 0.05) is 18.0 Å². The molecule has 0 aliphatic carbocycles. The molecule has 0 spiro atoms. The van der Waals surface area contributed by atoms with Crippen molar-refractivity contribution >= 4 is 26.0 Å². The molecule has 0 saturated carbocycles. The van der Waals surface area contributed by atoms with Crippen LogP contribution in [0.3, 0.4) is 0 Å². The first kappa shape index (κ1) is 20.4. The Labute approximate surface area is 171 Å². The molecule has 0 amide bonds. The summed E-state index contributed by atoms with van der Waals surface area (Å²) in [7, 11) is -2.32. The van der Waals surface area contributed by atoms with Crippen molar-refractivity contribution in [1.82, 2.24) is 19.8 Å². The van der Waals surface area contributed by atoms with Crippen LogP contribution in [-0.2, 0) is 10.0 Å². The average molecular weight is 467 g/mol. The van der Waals surface area contributed by atoms with Crippen molar-refractivity contribution in [3.63, 3.8) is 0 Å². The van der Waals surface area contributed by atoms with Gasteiger partial charge in [0.25, 0.3) is 0 Å². The van der Waals surface area contributed by atoms with Crippen molar-refractivity contribution < 1.29 is 17.7 Å². The second-order valence-electron chi connectivity index (χ2n) is 6.33. The fourth-order valence-corrected chi connectivity index (χ4v) is 4.56. The van der Waals surface area contributed by atoms with E-state index in [1.807, 2.05) is 13.8 Å². The summed E-state index contributed by atoms with van der Waals surface area (Å²) in [6.07, 6.45) is 3.24. The van der Waals surface area contributed by atoms with Crippen LogP contribution in [-0.4, -0.2) is 30.7 Å². The summed E-state index contributed by atoms with van der Waals surface area (Å²) in [5, 5.41) is 3.96. The monoisotopic (exact) mass is 466 g/mol. The topological polar surface area (TPSA) is 107 Å². The van der Waals surface area contributed by atoms with Crippen LogP contribution in [0.4, 0.5) is 0 Å². The summed E-state index contributed by atoms with van der Waals surface area (Å²) in [5.74, 6) is 0.980. The van der Waals surface area contributed by atoms with Crippen molar-refractivity contribution in [3.05, 3.63) is 53.1 Å². The highest BCUT2D eigenvalue weighted by molar-refractivity contribution is 9.10. The summed E-state index contributed by atoms with van der Waals surface area (Å²) in [5.41, 5.74) is 0.731. The number of pyridine rings is 1. The third kappa shape index (κ3) is 4.40. The predicted molar refractivity (Wildman–Crippen MR) is 106 cm³/mol. The lowest BCUT2D eigenvalue weighted by Gasteiger charge is -2.19. The highest BCUT2D eigenvalue weighted by Crippen LogP contribution is 2.29. The molecule has 3 rings (SSSR count). The minimum atomic E-state index is -3.83. The number of ether oxygens (including phenoxy) is 1. The zero-order valence-corrected chi connectivity index (χ0v) is 17.9. The molecule has 0 saturated heterocycles. The van der Waals surface area contributed by atoms with Gasteiger partial charge in [0.1, 0.15) is 11.8 Å². The molecular formula is C18H19BrN4O4S. The first-order valence-electron chi connectivity index (χ1n) is 8.41. The summed E-state index contributed by atoms with van der Waals surface area (Å²) < 4.78 is 39.4. The smallest absolute Gasteiger partial charge is 0.245 e. The maximum absolute atomic E-state index is 12.9. The number of halogens is 1. The summed E-state index contributed by atoms with van der Waals surface area (Å²) in [6, 6.07) is 7.34. The van der Waals surface area contributed by atoms with Crippen molar-refractivity contribution in [1.29, 1.82) is 0 Å². The molecule has 0 fully saturated rings. The minimum absolute atomic E-state index is 0.0969. The lowest BCUT2D eigenvalue weighted by atomic mass is 10.1. The van der Waals surface area contributed by atoms with Crippen molar-refractivity contribution in [3.8, 4) is 17.1 Å². The van der Waals surface area contributed by atoms with E-state index < -0.39 is 16.1 Å². The average Bonchev–Trinajstić information content (AvgIpc) is 3.16. The molecule has 0 aliphatic heterocycles. The number of rotatable bonds is 7. The second-order valence-corrected chi connectivity index (χ2v) is 8.90. The van der Waals surface area contributed by atoms with E-state index in [-0.39, 0.29) is 16.7 Å². The molecule has 28 heavy (non-hydrogen) atoms. The number of nitrogens with one attached hydrogen (secondary N) is 1. The molecule has 0 unspecified atom stereocenters. The van der Waals surface area contributed by atoms with E-state index in [1.54, 1.807) is 30.6 Å². The second kappa shape index (κ2) is 8.38. The van der Waals surface area contributed by atoms with Gasteiger partial charge in [-0.05, 0) is 52.2 Å². The van der Waals surface area contributed by atoms with Crippen molar-refractivity contribution in [2.45, 2.75) is 24.8 Å². The van der Waals surface area contributed by atoms with E-state index in [1.165, 1.54) is 19.2 Å². The number of benzene rings is 1. The highest BCUT2D eigenvalue weighted by atomic mass is 79.9. The van der Waals surface area contributed by atoms with E-state index in [2.05, 4.69) is 35.8 Å².